The van der Waals surface area contributed by atoms with Gasteiger partial charge in [0, 0.05) is 37.6 Å². The highest BCUT2D eigenvalue weighted by atomic mass is 35.5. The van der Waals surface area contributed by atoms with Gasteiger partial charge in [0.05, 0.1) is 15.5 Å². The molecule has 2 amide bonds. The Morgan fingerprint density at radius 3 is 2.39 bits per heavy atom. The summed E-state index contributed by atoms with van der Waals surface area (Å²) in [6.07, 6.45) is 0. The lowest BCUT2D eigenvalue weighted by atomic mass is 10.1. The Hall–Kier alpha value is -2.94. The lowest BCUT2D eigenvalue weighted by Gasteiger charge is -2.36. The van der Waals surface area contributed by atoms with E-state index < -0.39 is 0 Å². The Kier molecular flexibility index (Phi) is 7.27. The molecule has 2 N–H and O–H groups in total. The van der Waals surface area contributed by atoms with Crippen molar-refractivity contribution >= 4 is 63.5 Å². The SMILES string of the molecule is Cc1ccc(C(=O)NC(=S)Nc2ccc(N3CCN(C(=O)c4cccs4)CC3)cc2)c(Cl)c1. The Bertz CT molecular complexity index is 1160. The van der Waals surface area contributed by atoms with Gasteiger partial charge >= 0.3 is 0 Å². The standard InChI is InChI=1S/C24H23ClN4O2S2/c1-16-4-9-19(20(25)15-16)22(30)27-24(32)26-17-5-7-18(8-6-17)28-10-12-29(13-11-28)23(31)21-3-2-14-33-21/h2-9,14-15H,10-13H2,1H3,(H2,26,27,30,32). The summed E-state index contributed by atoms with van der Waals surface area (Å²) in [5.41, 5.74) is 3.20. The average Bonchev–Trinajstić information content (AvgIpc) is 3.34. The summed E-state index contributed by atoms with van der Waals surface area (Å²) in [4.78, 5) is 29.9. The van der Waals surface area contributed by atoms with E-state index in [2.05, 4.69) is 15.5 Å². The van der Waals surface area contributed by atoms with Crippen molar-refractivity contribution in [2.75, 3.05) is 36.4 Å². The van der Waals surface area contributed by atoms with Crippen LogP contribution in [-0.4, -0.2) is 48.0 Å². The molecule has 2 aromatic carbocycles. The van der Waals surface area contributed by atoms with Gasteiger partial charge in [0.2, 0.25) is 0 Å². The zero-order valence-corrected chi connectivity index (χ0v) is 20.4. The Balaban J connectivity index is 1.29. The van der Waals surface area contributed by atoms with Crippen molar-refractivity contribution < 1.29 is 9.59 Å². The summed E-state index contributed by atoms with van der Waals surface area (Å²) in [6, 6.07) is 16.8. The van der Waals surface area contributed by atoms with Gasteiger partial charge in [0.1, 0.15) is 0 Å². The van der Waals surface area contributed by atoms with Crippen molar-refractivity contribution in [2.24, 2.45) is 0 Å². The lowest BCUT2D eigenvalue weighted by molar-refractivity contribution is 0.0751. The van der Waals surface area contributed by atoms with Gasteiger partial charge in [-0.15, -0.1) is 11.3 Å². The van der Waals surface area contributed by atoms with Gasteiger partial charge in [0.15, 0.2) is 5.11 Å². The minimum Gasteiger partial charge on any atom is -0.368 e. The molecule has 0 saturated carbocycles. The third-order valence-corrected chi connectivity index (χ3v) is 6.76. The van der Waals surface area contributed by atoms with Gasteiger partial charge in [-0.3, -0.25) is 14.9 Å². The molecule has 0 bridgehead atoms. The van der Waals surface area contributed by atoms with Crippen molar-refractivity contribution in [1.82, 2.24) is 10.2 Å². The molecule has 1 aliphatic rings. The van der Waals surface area contributed by atoms with Crippen molar-refractivity contribution in [3.05, 3.63) is 81.0 Å². The number of anilines is 2. The number of hydrogen-bond donors (Lipinski definition) is 2. The smallest absolute Gasteiger partial charge is 0.264 e. The van der Waals surface area contributed by atoms with Crippen LogP contribution >= 0.6 is 35.2 Å². The molecule has 33 heavy (non-hydrogen) atoms. The highest BCUT2D eigenvalue weighted by Crippen LogP contribution is 2.21. The second-order valence-corrected chi connectivity index (χ2v) is 9.46. The largest absolute Gasteiger partial charge is 0.368 e. The van der Waals surface area contributed by atoms with Gasteiger partial charge in [-0.1, -0.05) is 23.7 Å². The number of aryl methyl sites for hydroxylation is 1. The van der Waals surface area contributed by atoms with Crippen LogP contribution in [0.3, 0.4) is 0 Å². The third kappa shape index (κ3) is 5.71. The van der Waals surface area contributed by atoms with Gasteiger partial charge in [-0.25, -0.2) is 0 Å². The number of thiophene rings is 1. The minimum absolute atomic E-state index is 0.103. The average molecular weight is 499 g/mol. The summed E-state index contributed by atoms with van der Waals surface area (Å²) < 4.78 is 0. The van der Waals surface area contributed by atoms with Crippen LogP contribution in [0.1, 0.15) is 25.6 Å². The highest BCUT2D eigenvalue weighted by Gasteiger charge is 2.22. The predicted molar refractivity (Wildman–Crippen MR) is 139 cm³/mol. The number of carbonyl (C=O) groups excluding carboxylic acids is 2. The van der Waals surface area contributed by atoms with Crippen LogP contribution in [0.15, 0.2) is 60.0 Å². The number of benzene rings is 2. The van der Waals surface area contributed by atoms with Crippen molar-refractivity contribution in [2.45, 2.75) is 6.92 Å². The normalized spacial score (nSPS) is 13.5. The lowest BCUT2D eigenvalue weighted by Crippen LogP contribution is -2.48. The zero-order valence-electron chi connectivity index (χ0n) is 18.0. The molecule has 0 atom stereocenters. The Labute approximate surface area is 207 Å². The van der Waals surface area contributed by atoms with Crippen molar-refractivity contribution in [1.29, 1.82) is 0 Å². The minimum atomic E-state index is -0.357. The summed E-state index contributed by atoms with van der Waals surface area (Å²) in [5.74, 6) is -0.254. The molecule has 1 aliphatic heterocycles. The van der Waals surface area contributed by atoms with Crippen LogP contribution in [0.25, 0.3) is 0 Å². The van der Waals surface area contributed by atoms with E-state index in [0.29, 0.717) is 23.7 Å². The topological polar surface area (TPSA) is 64.7 Å². The van der Waals surface area contributed by atoms with E-state index in [4.69, 9.17) is 23.8 Å². The number of thiocarbonyl (C=S) groups is 1. The molecule has 9 heteroatoms. The molecule has 2 heterocycles. The van der Waals surface area contributed by atoms with Crippen LogP contribution in [0.4, 0.5) is 11.4 Å². The maximum atomic E-state index is 12.5. The Morgan fingerprint density at radius 2 is 1.76 bits per heavy atom. The Morgan fingerprint density at radius 1 is 1.03 bits per heavy atom. The van der Waals surface area contributed by atoms with E-state index in [1.807, 2.05) is 59.7 Å². The summed E-state index contributed by atoms with van der Waals surface area (Å²) in [6.45, 7) is 4.84. The van der Waals surface area contributed by atoms with E-state index >= 15 is 0 Å². The molecule has 0 spiro atoms. The first-order valence-corrected chi connectivity index (χ1v) is 12.1. The first-order valence-electron chi connectivity index (χ1n) is 10.5. The molecule has 0 aliphatic carbocycles. The molecule has 1 aromatic heterocycles. The van der Waals surface area contributed by atoms with Gasteiger partial charge in [-0.05, 0) is 72.5 Å². The van der Waals surface area contributed by atoms with Gasteiger partial charge in [-0.2, -0.15) is 0 Å². The first-order chi connectivity index (χ1) is 15.9. The number of halogens is 1. The second-order valence-electron chi connectivity index (χ2n) is 7.69. The van der Waals surface area contributed by atoms with Crippen LogP contribution in [0, 0.1) is 6.92 Å². The first kappa shape index (κ1) is 23.2. The number of nitrogens with zero attached hydrogens (tertiary/aromatic N) is 2. The summed E-state index contributed by atoms with van der Waals surface area (Å²) >= 11 is 12.9. The monoisotopic (exact) mass is 498 g/mol. The van der Waals surface area contributed by atoms with Crippen LogP contribution < -0.4 is 15.5 Å². The number of nitrogens with one attached hydrogen (secondary N) is 2. The molecular weight excluding hydrogens is 476 g/mol. The maximum Gasteiger partial charge on any atom is 0.264 e. The number of hydrogen-bond acceptors (Lipinski definition) is 5. The molecule has 1 fully saturated rings. The summed E-state index contributed by atoms with van der Waals surface area (Å²) in [7, 11) is 0. The molecule has 3 aromatic rings. The van der Waals surface area contributed by atoms with E-state index in [1.165, 1.54) is 11.3 Å². The fourth-order valence-corrected chi connectivity index (χ4v) is 4.84. The molecule has 4 rings (SSSR count). The van der Waals surface area contributed by atoms with Crippen LogP contribution in [0.2, 0.25) is 5.02 Å². The van der Waals surface area contributed by atoms with Crippen LogP contribution in [-0.2, 0) is 0 Å². The van der Waals surface area contributed by atoms with Crippen molar-refractivity contribution in [3.8, 4) is 0 Å². The maximum absolute atomic E-state index is 12.5. The quantitative estimate of drug-likeness (QED) is 0.506. The van der Waals surface area contributed by atoms with E-state index in [9.17, 15) is 9.59 Å². The highest BCUT2D eigenvalue weighted by molar-refractivity contribution is 7.80. The van der Waals surface area contributed by atoms with Crippen LogP contribution in [0.5, 0.6) is 0 Å². The fraction of sp³-hybridized carbons (Fsp3) is 0.208. The fourth-order valence-electron chi connectivity index (χ4n) is 3.62. The molecule has 1 saturated heterocycles. The number of rotatable bonds is 4. The van der Waals surface area contributed by atoms with Crippen molar-refractivity contribution in [3.63, 3.8) is 0 Å². The zero-order chi connectivity index (χ0) is 23.4. The molecule has 0 radical (unpaired) electrons. The molecule has 170 valence electrons. The molecular formula is C24H23ClN4O2S2. The van der Waals surface area contributed by atoms with Gasteiger partial charge < -0.3 is 15.1 Å². The molecule has 0 unspecified atom stereocenters. The number of amides is 2. The van der Waals surface area contributed by atoms with E-state index in [1.54, 1.807) is 12.1 Å². The van der Waals surface area contributed by atoms with E-state index in [-0.39, 0.29) is 16.9 Å². The van der Waals surface area contributed by atoms with E-state index in [0.717, 1.165) is 34.9 Å². The second kappa shape index (κ2) is 10.3. The predicted octanol–water partition coefficient (Wildman–Crippen LogP) is 4.80. The van der Waals surface area contributed by atoms with Gasteiger partial charge in [0.25, 0.3) is 11.8 Å². The number of piperazine rings is 1. The molecule has 6 nitrogen and oxygen atoms in total. The third-order valence-electron chi connectivity index (χ3n) is 5.39. The summed E-state index contributed by atoms with van der Waals surface area (Å²) in [5, 5.41) is 8.20. The number of carbonyl (C=O) groups is 2.